The smallest absolute Gasteiger partial charge is 0.301 e. The Labute approximate surface area is 116 Å². The number of rotatable bonds is 8. The molecular formula is C13H23N3O2S. The summed E-state index contributed by atoms with van der Waals surface area (Å²) >= 11 is 0. The van der Waals surface area contributed by atoms with Crippen LogP contribution in [0.5, 0.6) is 0 Å². The predicted octanol–water partition coefficient (Wildman–Crippen LogP) is 1.92. The van der Waals surface area contributed by atoms with E-state index in [4.69, 9.17) is 5.73 Å². The average Bonchev–Trinajstić information content (AvgIpc) is 2.38. The van der Waals surface area contributed by atoms with Crippen molar-refractivity contribution in [1.29, 1.82) is 0 Å². The van der Waals surface area contributed by atoms with Gasteiger partial charge in [0.25, 0.3) is 0 Å². The summed E-state index contributed by atoms with van der Waals surface area (Å²) in [5.74, 6) is 0. The highest BCUT2D eigenvalue weighted by Crippen LogP contribution is 2.17. The van der Waals surface area contributed by atoms with Crippen LogP contribution in [-0.2, 0) is 16.8 Å². The molecule has 0 fully saturated rings. The van der Waals surface area contributed by atoms with Gasteiger partial charge in [0.2, 0.25) is 0 Å². The molecule has 0 aliphatic heterocycles. The minimum absolute atomic E-state index is 0.306. The van der Waals surface area contributed by atoms with Gasteiger partial charge < -0.3 is 5.73 Å². The lowest BCUT2D eigenvalue weighted by molar-refractivity contribution is 0.413. The fourth-order valence-corrected chi connectivity index (χ4v) is 3.30. The lowest BCUT2D eigenvalue weighted by atomic mass is 10.2. The van der Waals surface area contributed by atoms with Crippen LogP contribution in [0, 0.1) is 0 Å². The van der Waals surface area contributed by atoms with E-state index in [9.17, 15) is 8.42 Å². The zero-order valence-electron chi connectivity index (χ0n) is 11.6. The number of hydrogen-bond donors (Lipinski definition) is 2. The molecule has 5 nitrogen and oxygen atoms in total. The van der Waals surface area contributed by atoms with E-state index < -0.39 is 10.2 Å². The third kappa shape index (κ3) is 4.49. The Morgan fingerprint density at radius 2 is 1.74 bits per heavy atom. The average molecular weight is 285 g/mol. The van der Waals surface area contributed by atoms with Gasteiger partial charge in [-0.2, -0.15) is 12.7 Å². The molecular weight excluding hydrogens is 262 g/mol. The summed E-state index contributed by atoms with van der Waals surface area (Å²) < 4.78 is 28.7. The maximum Gasteiger partial charge on any atom is 0.301 e. The summed E-state index contributed by atoms with van der Waals surface area (Å²) in [6, 6.07) is 7.19. The van der Waals surface area contributed by atoms with E-state index in [1.807, 2.05) is 26.0 Å². The van der Waals surface area contributed by atoms with Crippen LogP contribution in [0.1, 0.15) is 32.3 Å². The van der Waals surface area contributed by atoms with Crippen molar-refractivity contribution in [2.45, 2.75) is 33.2 Å². The SMILES string of the molecule is CCCN(CCC)S(=O)(=O)Nc1ccccc1CN. The molecule has 0 saturated carbocycles. The molecule has 1 aromatic rings. The molecule has 0 spiro atoms. The maximum absolute atomic E-state index is 12.3. The second kappa shape index (κ2) is 7.47. The summed E-state index contributed by atoms with van der Waals surface area (Å²) in [6.45, 7) is 5.28. The van der Waals surface area contributed by atoms with Gasteiger partial charge in [0, 0.05) is 19.6 Å². The molecule has 0 unspecified atom stereocenters. The standard InChI is InChI=1S/C13H23N3O2S/c1-3-9-16(10-4-2)19(17,18)15-13-8-6-5-7-12(13)11-14/h5-8,15H,3-4,9-11,14H2,1-2H3. The highest BCUT2D eigenvalue weighted by Gasteiger charge is 2.20. The van der Waals surface area contributed by atoms with Crippen molar-refractivity contribution < 1.29 is 8.42 Å². The van der Waals surface area contributed by atoms with Crippen LogP contribution in [0.2, 0.25) is 0 Å². The number of hydrogen-bond acceptors (Lipinski definition) is 3. The molecule has 19 heavy (non-hydrogen) atoms. The van der Waals surface area contributed by atoms with Crippen molar-refractivity contribution >= 4 is 15.9 Å². The van der Waals surface area contributed by atoms with Gasteiger partial charge in [-0.05, 0) is 24.5 Å². The van der Waals surface area contributed by atoms with Crippen LogP contribution in [0.4, 0.5) is 5.69 Å². The molecule has 0 atom stereocenters. The van der Waals surface area contributed by atoms with Crippen molar-refractivity contribution in [3.8, 4) is 0 Å². The van der Waals surface area contributed by atoms with Crippen molar-refractivity contribution in [3.05, 3.63) is 29.8 Å². The first kappa shape index (κ1) is 15.9. The fraction of sp³-hybridized carbons (Fsp3) is 0.538. The van der Waals surface area contributed by atoms with Gasteiger partial charge in [-0.15, -0.1) is 0 Å². The Bertz CT molecular complexity index is 482. The quantitative estimate of drug-likeness (QED) is 0.766. The van der Waals surface area contributed by atoms with Crippen LogP contribution in [0.25, 0.3) is 0 Å². The van der Waals surface area contributed by atoms with Gasteiger partial charge in [0.1, 0.15) is 0 Å². The van der Waals surface area contributed by atoms with E-state index in [0.29, 0.717) is 25.3 Å². The lowest BCUT2D eigenvalue weighted by Crippen LogP contribution is -2.37. The molecule has 3 N–H and O–H groups in total. The van der Waals surface area contributed by atoms with E-state index in [0.717, 1.165) is 18.4 Å². The van der Waals surface area contributed by atoms with Crippen molar-refractivity contribution in [2.24, 2.45) is 5.73 Å². The monoisotopic (exact) mass is 285 g/mol. The number of nitrogens with two attached hydrogens (primary N) is 1. The minimum atomic E-state index is -3.50. The highest BCUT2D eigenvalue weighted by atomic mass is 32.2. The molecule has 0 amide bonds. The Morgan fingerprint density at radius 1 is 1.16 bits per heavy atom. The van der Waals surface area contributed by atoms with E-state index in [2.05, 4.69) is 4.72 Å². The molecule has 6 heteroatoms. The van der Waals surface area contributed by atoms with Crippen molar-refractivity contribution in [3.63, 3.8) is 0 Å². The number of nitrogens with zero attached hydrogens (tertiary/aromatic N) is 1. The number of nitrogens with one attached hydrogen (secondary N) is 1. The van der Waals surface area contributed by atoms with E-state index in [-0.39, 0.29) is 0 Å². The van der Waals surface area contributed by atoms with Gasteiger partial charge in [-0.3, -0.25) is 4.72 Å². The van der Waals surface area contributed by atoms with Crippen molar-refractivity contribution in [1.82, 2.24) is 4.31 Å². The molecule has 0 aromatic heterocycles. The number of para-hydroxylation sites is 1. The summed E-state index contributed by atoms with van der Waals surface area (Å²) in [4.78, 5) is 0. The molecule has 0 aliphatic carbocycles. The van der Waals surface area contributed by atoms with Gasteiger partial charge in [0.15, 0.2) is 0 Å². The molecule has 1 aromatic carbocycles. The predicted molar refractivity (Wildman–Crippen MR) is 79.0 cm³/mol. The van der Waals surface area contributed by atoms with Gasteiger partial charge in [-0.1, -0.05) is 32.0 Å². The van der Waals surface area contributed by atoms with Crippen LogP contribution in [-0.4, -0.2) is 25.8 Å². The first-order valence-electron chi connectivity index (χ1n) is 6.61. The molecule has 1 rings (SSSR count). The topological polar surface area (TPSA) is 75.4 Å². The molecule has 108 valence electrons. The van der Waals surface area contributed by atoms with Crippen LogP contribution in [0.3, 0.4) is 0 Å². The van der Waals surface area contributed by atoms with Crippen LogP contribution >= 0.6 is 0 Å². The summed E-state index contributed by atoms with van der Waals surface area (Å²) in [5.41, 5.74) is 6.96. The van der Waals surface area contributed by atoms with Gasteiger partial charge in [-0.25, -0.2) is 0 Å². The largest absolute Gasteiger partial charge is 0.326 e. The van der Waals surface area contributed by atoms with E-state index in [1.165, 1.54) is 4.31 Å². The Balaban J connectivity index is 2.93. The second-order valence-corrected chi connectivity index (χ2v) is 6.04. The first-order valence-corrected chi connectivity index (χ1v) is 8.05. The maximum atomic E-state index is 12.3. The van der Waals surface area contributed by atoms with Crippen LogP contribution in [0.15, 0.2) is 24.3 Å². The normalized spacial score (nSPS) is 11.8. The molecule has 0 aliphatic rings. The zero-order chi connectivity index (χ0) is 14.3. The second-order valence-electron chi connectivity index (χ2n) is 4.37. The summed E-state index contributed by atoms with van der Waals surface area (Å²) in [5, 5.41) is 0. The highest BCUT2D eigenvalue weighted by molar-refractivity contribution is 7.90. The fourth-order valence-electron chi connectivity index (χ4n) is 1.85. The Hall–Kier alpha value is -1.11. The Morgan fingerprint density at radius 3 is 2.26 bits per heavy atom. The number of benzene rings is 1. The number of anilines is 1. The van der Waals surface area contributed by atoms with Crippen LogP contribution < -0.4 is 10.5 Å². The molecule has 0 bridgehead atoms. The third-order valence-electron chi connectivity index (χ3n) is 2.76. The molecule has 0 radical (unpaired) electrons. The lowest BCUT2D eigenvalue weighted by Gasteiger charge is -2.22. The van der Waals surface area contributed by atoms with E-state index >= 15 is 0 Å². The summed E-state index contributed by atoms with van der Waals surface area (Å²) in [6.07, 6.45) is 1.58. The zero-order valence-corrected chi connectivity index (χ0v) is 12.4. The van der Waals surface area contributed by atoms with Crippen molar-refractivity contribution in [2.75, 3.05) is 17.8 Å². The van der Waals surface area contributed by atoms with Gasteiger partial charge in [0.05, 0.1) is 5.69 Å². The molecule has 0 saturated heterocycles. The van der Waals surface area contributed by atoms with E-state index in [1.54, 1.807) is 12.1 Å². The van der Waals surface area contributed by atoms with Gasteiger partial charge >= 0.3 is 10.2 Å². The third-order valence-corrected chi connectivity index (χ3v) is 4.28. The Kier molecular flexibility index (Phi) is 6.27. The minimum Gasteiger partial charge on any atom is -0.326 e. The first-order chi connectivity index (χ1) is 9.05. The molecule has 0 heterocycles. The summed E-state index contributed by atoms with van der Waals surface area (Å²) in [7, 11) is -3.50.